The molecular formula is C22H23N3O2. The largest absolute Gasteiger partial charge is 0.492 e. The number of ether oxygens (including phenoxy) is 1. The third-order valence-corrected chi connectivity index (χ3v) is 4.04. The minimum absolute atomic E-state index is 0.277. The highest BCUT2D eigenvalue weighted by atomic mass is 16.5. The van der Waals surface area contributed by atoms with Crippen molar-refractivity contribution >= 4 is 17.3 Å². The first-order chi connectivity index (χ1) is 13.2. The molecule has 0 bridgehead atoms. The Morgan fingerprint density at radius 2 is 1.85 bits per heavy atom. The van der Waals surface area contributed by atoms with E-state index in [1.165, 1.54) is 11.1 Å². The molecule has 3 rings (SSSR count). The third kappa shape index (κ3) is 5.07. The van der Waals surface area contributed by atoms with Gasteiger partial charge in [0.25, 0.3) is 5.91 Å². The van der Waals surface area contributed by atoms with Crippen molar-refractivity contribution in [2.75, 3.05) is 17.2 Å². The molecule has 0 saturated carbocycles. The van der Waals surface area contributed by atoms with E-state index in [0.29, 0.717) is 30.3 Å². The van der Waals surface area contributed by atoms with Crippen LogP contribution in [0.25, 0.3) is 0 Å². The highest BCUT2D eigenvalue weighted by Gasteiger charge is 2.11. The fraction of sp³-hybridized carbons (Fsp3) is 0.182. The van der Waals surface area contributed by atoms with Crippen molar-refractivity contribution < 1.29 is 9.53 Å². The van der Waals surface area contributed by atoms with E-state index in [1.54, 1.807) is 12.3 Å². The zero-order valence-corrected chi connectivity index (χ0v) is 15.5. The van der Waals surface area contributed by atoms with Crippen LogP contribution in [0.2, 0.25) is 0 Å². The molecule has 0 aliphatic heterocycles. The zero-order valence-electron chi connectivity index (χ0n) is 15.5. The third-order valence-electron chi connectivity index (χ3n) is 4.04. The fourth-order valence-corrected chi connectivity index (χ4v) is 2.61. The maximum atomic E-state index is 12.6. The molecule has 0 aliphatic rings. The second-order valence-electron chi connectivity index (χ2n) is 6.15. The summed E-state index contributed by atoms with van der Waals surface area (Å²) in [6, 6.07) is 19.3. The topological polar surface area (TPSA) is 63.2 Å². The first-order valence-corrected chi connectivity index (χ1v) is 8.94. The number of amides is 1. The van der Waals surface area contributed by atoms with E-state index in [4.69, 9.17) is 4.74 Å². The molecule has 1 aromatic heterocycles. The number of carbonyl (C=O) groups excluding carboxylic acids is 1. The van der Waals surface area contributed by atoms with Gasteiger partial charge in [0.15, 0.2) is 0 Å². The number of hydrogen-bond donors (Lipinski definition) is 2. The van der Waals surface area contributed by atoms with Gasteiger partial charge < -0.3 is 15.4 Å². The number of aromatic nitrogens is 1. The van der Waals surface area contributed by atoms with Crippen molar-refractivity contribution in [2.45, 2.75) is 20.4 Å². The smallest absolute Gasteiger partial charge is 0.274 e. The highest BCUT2D eigenvalue weighted by molar-refractivity contribution is 6.04. The quantitative estimate of drug-likeness (QED) is 0.643. The number of nitrogens with zero attached hydrogens (tertiary/aromatic N) is 1. The average Bonchev–Trinajstić information content (AvgIpc) is 2.69. The van der Waals surface area contributed by atoms with E-state index in [9.17, 15) is 4.79 Å². The zero-order chi connectivity index (χ0) is 19.1. The lowest BCUT2D eigenvalue weighted by Crippen LogP contribution is -2.15. The molecule has 5 heteroatoms. The summed E-state index contributed by atoms with van der Waals surface area (Å²) in [4.78, 5) is 16.8. The molecule has 0 aliphatic carbocycles. The Morgan fingerprint density at radius 3 is 2.63 bits per heavy atom. The van der Waals surface area contributed by atoms with Crippen molar-refractivity contribution in [1.82, 2.24) is 4.98 Å². The Balaban J connectivity index is 1.67. The number of aryl methyl sites for hydroxylation is 1. The summed E-state index contributed by atoms with van der Waals surface area (Å²) >= 11 is 0. The number of nitrogens with one attached hydrogen (secondary N) is 2. The van der Waals surface area contributed by atoms with Crippen LogP contribution in [0.5, 0.6) is 5.75 Å². The molecule has 2 N–H and O–H groups in total. The van der Waals surface area contributed by atoms with E-state index in [1.807, 2.05) is 37.3 Å². The minimum atomic E-state index is -0.277. The number of hydrogen-bond acceptors (Lipinski definition) is 4. The van der Waals surface area contributed by atoms with Crippen LogP contribution in [0.15, 0.2) is 66.9 Å². The van der Waals surface area contributed by atoms with Crippen LogP contribution in [0, 0.1) is 6.92 Å². The van der Waals surface area contributed by atoms with Gasteiger partial charge in [-0.25, -0.2) is 0 Å². The normalized spacial score (nSPS) is 10.3. The molecule has 0 radical (unpaired) electrons. The van der Waals surface area contributed by atoms with Crippen molar-refractivity contribution in [3.05, 3.63) is 83.7 Å². The number of pyridine rings is 1. The molecule has 1 heterocycles. The Hall–Kier alpha value is -3.34. The molecule has 5 nitrogen and oxygen atoms in total. The van der Waals surface area contributed by atoms with Crippen molar-refractivity contribution in [1.29, 1.82) is 0 Å². The van der Waals surface area contributed by atoms with Crippen LogP contribution in [-0.4, -0.2) is 17.5 Å². The number of carbonyl (C=O) groups is 1. The maximum Gasteiger partial charge on any atom is 0.274 e. The molecule has 0 unspecified atom stereocenters. The van der Waals surface area contributed by atoms with Crippen LogP contribution in [0.3, 0.4) is 0 Å². The number of rotatable bonds is 7. The Labute approximate surface area is 159 Å². The first kappa shape index (κ1) is 18.5. The van der Waals surface area contributed by atoms with Crippen molar-refractivity contribution in [3.63, 3.8) is 0 Å². The second kappa shape index (κ2) is 8.85. The van der Waals surface area contributed by atoms with E-state index in [2.05, 4.69) is 46.8 Å². The van der Waals surface area contributed by atoms with Gasteiger partial charge in [0, 0.05) is 18.4 Å². The second-order valence-corrected chi connectivity index (χ2v) is 6.15. The van der Waals surface area contributed by atoms with Crippen molar-refractivity contribution in [3.8, 4) is 5.75 Å². The Bertz CT molecular complexity index is 907. The Morgan fingerprint density at radius 1 is 1.07 bits per heavy atom. The molecule has 0 atom stereocenters. The van der Waals surface area contributed by atoms with Gasteiger partial charge in [-0.3, -0.25) is 9.78 Å². The van der Waals surface area contributed by atoms with Gasteiger partial charge in [-0.05, 0) is 43.7 Å². The Kier molecular flexibility index (Phi) is 6.05. The summed E-state index contributed by atoms with van der Waals surface area (Å²) in [7, 11) is 0. The summed E-state index contributed by atoms with van der Waals surface area (Å²) in [6.45, 7) is 5.18. The fourth-order valence-electron chi connectivity index (χ4n) is 2.61. The van der Waals surface area contributed by atoms with E-state index in [-0.39, 0.29) is 5.91 Å². The minimum Gasteiger partial charge on any atom is -0.492 e. The van der Waals surface area contributed by atoms with E-state index >= 15 is 0 Å². The molecule has 0 fully saturated rings. The molecule has 0 saturated heterocycles. The number of para-hydroxylation sites is 2. The molecule has 138 valence electrons. The maximum absolute atomic E-state index is 12.6. The standard InChI is InChI=1S/C22H23N3O2/c1-3-27-21-7-5-4-6-19(21)25-22(26)20-14-18(12-13-23-20)24-15-17-10-8-16(2)9-11-17/h4-14H,3,15H2,1-2H3,(H,23,24)(H,25,26). The molecule has 1 amide bonds. The first-order valence-electron chi connectivity index (χ1n) is 8.94. The molecule has 27 heavy (non-hydrogen) atoms. The van der Waals surface area contributed by atoms with Crippen molar-refractivity contribution in [2.24, 2.45) is 0 Å². The monoisotopic (exact) mass is 361 g/mol. The summed E-state index contributed by atoms with van der Waals surface area (Å²) in [5.74, 6) is 0.364. The SMILES string of the molecule is CCOc1ccccc1NC(=O)c1cc(NCc2ccc(C)cc2)ccn1. The summed E-state index contributed by atoms with van der Waals surface area (Å²) in [6.07, 6.45) is 1.63. The molecule has 3 aromatic rings. The summed E-state index contributed by atoms with van der Waals surface area (Å²) in [5, 5.41) is 6.19. The lowest BCUT2D eigenvalue weighted by molar-refractivity contribution is 0.102. The van der Waals surface area contributed by atoms with Gasteiger partial charge in [-0.2, -0.15) is 0 Å². The van der Waals surface area contributed by atoms with Crippen LogP contribution in [0.4, 0.5) is 11.4 Å². The lowest BCUT2D eigenvalue weighted by atomic mass is 10.1. The summed E-state index contributed by atoms with van der Waals surface area (Å²) in [5.41, 5.74) is 4.22. The lowest BCUT2D eigenvalue weighted by Gasteiger charge is -2.12. The highest BCUT2D eigenvalue weighted by Crippen LogP contribution is 2.24. The predicted molar refractivity (Wildman–Crippen MR) is 108 cm³/mol. The predicted octanol–water partition coefficient (Wildman–Crippen LogP) is 4.65. The average molecular weight is 361 g/mol. The van der Waals surface area contributed by atoms with Gasteiger partial charge in [0.1, 0.15) is 11.4 Å². The molecule has 2 aromatic carbocycles. The number of anilines is 2. The van der Waals surface area contributed by atoms with Crippen LogP contribution >= 0.6 is 0 Å². The van der Waals surface area contributed by atoms with E-state index < -0.39 is 0 Å². The van der Waals surface area contributed by atoms with Gasteiger partial charge >= 0.3 is 0 Å². The van der Waals surface area contributed by atoms with Gasteiger partial charge in [-0.15, -0.1) is 0 Å². The molecule has 0 spiro atoms. The molecular weight excluding hydrogens is 338 g/mol. The van der Waals surface area contributed by atoms with Crippen LogP contribution < -0.4 is 15.4 Å². The van der Waals surface area contributed by atoms with E-state index in [0.717, 1.165) is 5.69 Å². The summed E-state index contributed by atoms with van der Waals surface area (Å²) < 4.78 is 5.55. The van der Waals surface area contributed by atoms with Crippen LogP contribution in [-0.2, 0) is 6.54 Å². The van der Waals surface area contributed by atoms with Gasteiger partial charge in [-0.1, -0.05) is 42.0 Å². The van der Waals surface area contributed by atoms with Gasteiger partial charge in [0.05, 0.1) is 12.3 Å². The van der Waals surface area contributed by atoms with Crippen LogP contribution in [0.1, 0.15) is 28.5 Å². The number of benzene rings is 2. The van der Waals surface area contributed by atoms with Gasteiger partial charge in [0.2, 0.25) is 0 Å².